The van der Waals surface area contributed by atoms with Gasteiger partial charge >= 0.3 is 5.97 Å². The van der Waals surface area contributed by atoms with Gasteiger partial charge in [0, 0.05) is 0 Å². The topological polar surface area (TPSA) is 46.5 Å². The summed E-state index contributed by atoms with van der Waals surface area (Å²) in [5.41, 5.74) is 0. The van der Waals surface area contributed by atoms with Crippen molar-refractivity contribution in [3.8, 4) is 0 Å². The maximum atomic E-state index is 10.7. The third-order valence-electron chi connectivity index (χ3n) is 1.55. The number of ether oxygens (including phenoxy) is 1. The van der Waals surface area contributed by atoms with Crippen LogP contribution in [0.5, 0.6) is 0 Å². The number of hydrogen-bond donors (Lipinski definition) is 1. The molecule has 0 aliphatic rings. The van der Waals surface area contributed by atoms with Crippen LogP contribution in [-0.2, 0) is 9.53 Å². The molecule has 1 N–H and O–H groups in total. The van der Waals surface area contributed by atoms with Crippen LogP contribution in [-0.4, -0.2) is 23.8 Å². The molecule has 0 rings (SSSR count). The Kier molecular flexibility index (Phi) is 4.86. The van der Waals surface area contributed by atoms with Crippen LogP contribution < -0.4 is 0 Å². The lowest BCUT2D eigenvalue weighted by atomic mass is 10.1. The Morgan fingerprint density at radius 2 is 2.09 bits per heavy atom. The fraction of sp³-hybridized carbons (Fsp3) is 0.875. The average molecular weight is 160 g/mol. The molecule has 0 aromatic carbocycles. The Labute approximate surface area is 67.4 Å². The summed E-state index contributed by atoms with van der Waals surface area (Å²) < 4.78 is 4.77. The Balaban J connectivity index is 3.46. The standard InChI is InChI=1S/C8H16O3/c1-4-6(2)5-11-8(10)7(3)9/h6-7,9H,4-5H2,1-3H3. The van der Waals surface area contributed by atoms with Crippen LogP contribution in [0.2, 0.25) is 0 Å². The highest BCUT2D eigenvalue weighted by Gasteiger charge is 2.10. The van der Waals surface area contributed by atoms with Crippen molar-refractivity contribution in [3.05, 3.63) is 0 Å². The zero-order valence-corrected chi connectivity index (χ0v) is 7.33. The van der Waals surface area contributed by atoms with Crippen LogP contribution in [0.15, 0.2) is 0 Å². The van der Waals surface area contributed by atoms with E-state index in [4.69, 9.17) is 9.84 Å². The van der Waals surface area contributed by atoms with Crippen LogP contribution in [0.25, 0.3) is 0 Å². The number of aliphatic hydroxyl groups excluding tert-OH is 1. The zero-order chi connectivity index (χ0) is 8.85. The molecule has 11 heavy (non-hydrogen) atoms. The van der Waals surface area contributed by atoms with E-state index < -0.39 is 12.1 Å². The lowest BCUT2D eigenvalue weighted by Crippen LogP contribution is -2.21. The Morgan fingerprint density at radius 3 is 2.45 bits per heavy atom. The van der Waals surface area contributed by atoms with Crippen molar-refractivity contribution in [2.75, 3.05) is 6.61 Å². The molecule has 0 radical (unpaired) electrons. The molecular weight excluding hydrogens is 144 g/mol. The molecule has 3 nitrogen and oxygen atoms in total. The van der Waals surface area contributed by atoms with Crippen LogP contribution in [0.4, 0.5) is 0 Å². The molecule has 0 aromatic rings. The summed E-state index contributed by atoms with van der Waals surface area (Å²) in [6.07, 6.45) is -0.0216. The summed E-state index contributed by atoms with van der Waals surface area (Å²) in [5, 5.41) is 8.73. The van der Waals surface area contributed by atoms with Gasteiger partial charge in [-0.25, -0.2) is 4.79 Å². The SMILES string of the molecule is CCC(C)COC(=O)C(C)O. The summed E-state index contributed by atoms with van der Waals surface area (Å²) in [7, 11) is 0. The van der Waals surface area contributed by atoms with Crippen LogP contribution >= 0.6 is 0 Å². The first-order valence-corrected chi connectivity index (χ1v) is 3.92. The van der Waals surface area contributed by atoms with E-state index >= 15 is 0 Å². The lowest BCUT2D eigenvalue weighted by Gasteiger charge is -2.10. The van der Waals surface area contributed by atoms with Crippen molar-refractivity contribution in [2.24, 2.45) is 5.92 Å². The first-order valence-electron chi connectivity index (χ1n) is 3.92. The van der Waals surface area contributed by atoms with Gasteiger partial charge in [-0.05, 0) is 12.8 Å². The molecule has 2 atom stereocenters. The summed E-state index contributed by atoms with van der Waals surface area (Å²) in [5.74, 6) is -0.164. The van der Waals surface area contributed by atoms with E-state index in [0.717, 1.165) is 6.42 Å². The summed E-state index contributed by atoms with van der Waals surface area (Å²) in [6.45, 7) is 5.83. The Bertz CT molecular complexity index is 121. The molecule has 3 heteroatoms. The van der Waals surface area contributed by atoms with E-state index in [1.807, 2.05) is 13.8 Å². The van der Waals surface area contributed by atoms with Crippen LogP contribution in [0.1, 0.15) is 27.2 Å². The zero-order valence-electron chi connectivity index (χ0n) is 7.33. The summed E-state index contributed by atoms with van der Waals surface area (Å²) in [4.78, 5) is 10.7. The molecule has 2 unspecified atom stereocenters. The van der Waals surface area contributed by atoms with Gasteiger partial charge in [0.1, 0.15) is 6.10 Å². The number of carbonyl (C=O) groups is 1. The normalized spacial score (nSPS) is 15.6. The number of aliphatic hydroxyl groups is 1. The van der Waals surface area contributed by atoms with E-state index in [2.05, 4.69) is 0 Å². The van der Waals surface area contributed by atoms with Crippen molar-refractivity contribution >= 4 is 5.97 Å². The molecule has 0 spiro atoms. The van der Waals surface area contributed by atoms with E-state index in [-0.39, 0.29) is 0 Å². The molecule has 0 saturated carbocycles. The van der Waals surface area contributed by atoms with Gasteiger partial charge < -0.3 is 9.84 Å². The predicted octanol–water partition coefficient (Wildman–Crippen LogP) is 0.956. The molecule has 0 aliphatic heterocycles. The van der Waals surface area contributed by atoms with Gasteiger partial charge in [-0.2, -0.15) is 0 Å². The second-order valence-electron chi connectivity index (χ2n) is 2.82. The molecule has 0 aromatic heterocycles. The predicted molar refractivity (Wildman–Crippen MR) is 42.1 cm³/mol. The van der Waals surface area contributed by atoms with E-state index in [0.29, 0.717) is 12.5 Å². The second kappa shape index (κ2) is 5.13. The van der Waals surface area contributed by atoms with E-state index in [9.17, 15) is 4.79 Å². The number of carbonyl (C=O) groups excluding carboxylic acids is 1. The third-order valence-corrected chi connectivity index (χ3v) is 1.55. The monoisotopic (exact) mass is 160 g/mol. The van der Waals surface area contributed by atoms with E-state index in [1.165, 1.54) is 6.92 Å². The molecule has 0 fully saturated rings. The van der Waals surface area contributed by atoms with Gasteiger partial charge in [-0.15, -0.1) is 0 Å². The highest BCUT2D eigenvalue weighted by Crippen LogP contribution is 2.01. The Morgan fingerprint density at radius 1 is 1.55 bits per heavy atom. The Hall–Kier alpha value is -0.570. The minimum Gasteiger partial charge on any atom is -0.463 e. The average Bonchev–Trinajstić information content (AvgIpc) is 1.99. The summed E-state index contributed by atoms with van der Waals surface area (Å²) in [6, 6.07) is 0. The smallest absolute Gasteiger partial charge is 0.334 e. The fourth-order valence-corrected chi connectivity index (χ4v) is 0.463. The van der Waals surface area contributed by atoms with Gasteiger partial charge in [0.2, 0.25) is 0 Å². The van der Waals surface area contributed by atoms with Gasteiger partial charge in [0.25, 0.3) is 0 Å². The first-order chi connectivity index (χ1) is 5.07. The maximum Gasteiger partial charge on any atom is 0.334 e. The minimum absolute atomic E-state index is 0.373. The quantitative estimate of drug-likeness (QED) is 0.623. The highest BCUT2D eigenvalue weighted by molar-refractivity contribution is 5.73. The highest BCUT2D eigenvalue weighted by atomic mass is 16.5. The fourth-order valence-electron chi connectivity index (χ4n) is 0.463. The molecular formula is C8H16O3. The lowest BCUT2D eigenvalue weighted by molar-refractivity contribution is -0.153. The third kappa shape index (κ3) is 4.79. The molecule has 0 amide bonds. The second-order valence-corrected chi connectivity index (χ2v) is 2.82. The van der Waals surface area contributed by atoms with Crippen LogP contribution in [0, 0.1) is 5.92 Å². The van der Waals surface area contributed by atoms with Gasteiger partial charge in [-0.3, -0.25) is 0 Å². The molecule has 0 saturated heterocycles. The minimum atomic E-state index is -1.00. The molecule has 0 aliphatic carbocycles. The van der Waals surface area contributed by atoms with E-state index in [1.54, 1.807) is 0 Å². The van der Waals surface area contributed by atoms with Gasteiger partial charge in [0.15, 0.2) is 0 Å². The van der Waals surface area contributed by atoms with Crippen molar-refractivity contribution in [1.29, 1.82) is 0 Å². The van der Waals surface area contributed by atoms with Gasteiger partial charge in [0.05, 0.1) is 6.61 Å². The first kappa shape index (κ1) is 10.4. The van der Waals surface area contributed by atoms with Crippen molar-refractivity contribution in [1.82, 2.24) is 0 Å². The largest absolute Gasteiger partial charge is 0.463 e. The number of esters is 1. The van der Waals surface area contributed by atoms with Crippen molar-refractivity contribution in [3.63, 3.8) is 0 Å². The molecule has 66 valence electrons. The van der Waals surface area contributed by atoms with Crippen molar-refractivity contribution < 1.29 is 14.6 Å². The number of rotatable bonds is 4. The molecule has 0 heterocycles. The van der Waals surface area contributed by atoms with Crippen molar-refractivity contribution in [2.45, 2.75) is 33.3 Å². The number of hydrogen-bond acceptors (Lipinski definition) is 3. The summed E-state index contributed by atoms with van der Waals surface area (Å²) >= 11 is 0. The molecule has 0 bridgehead atoms. The van der Waals surface area contributed by atoms with Crippen LogP contribution in [0.3, 0.4) is 0 Å². The maximum absolute atomic E-state index is 10.7. The van der Waals surface area contributed by atoms with Gasteiger partial charge in [-0.1, -0.05) is 20.3 Å².